The van der Waals surface area contributed by atoms with Crippen molar-refractivity contribution in [2.24, 2.45) is 0 Å². The van der Waals surface area contributed by atoms with E-state index in [4.69, 9.17) is 14.2 Å². The normalized spacial score (nSPS) is 13.9. The average molecular weight is 269 g/mol. The van der Waals surface area contributed by atoms with Crippen LogP contribution in [0.1, 0.15) is 5.56 Å². The van der Waals surface area contributed by atoms with Gasteiger partial charge < -0.3 is 19.2 Å². The Bertz CT molecular complexity index is 820. The fourth-order valence-electron chi connectivity index (χ4n) is 2.84. The van der Waals surface area contributed by atoms with Crippen molar-refractivity contribution in [3.8, 4) is 17.2 Å². The molecule has 4 nitrogen and oxygen atoms in total. The van der Waals surface area contributed by atoms with Gasteiger partial charge in [-0.1, -0.05) is 0 Å². The molecule has 0 spiro atoms. The van der Waals surface area contributed by atoms with Crippen molar-refractivity contribution in [2.75, 3.05) is 20.3 Å². The van der Waals surface area contributed by atoms with Crippen LogP contribution < -0.4 is 14.2 Å². The van der Waals surface area contributed by atoms with Crippen LogP contribution in [0.5, 0.6) is 17.2 Å². The Balaban J connectivity index is 2.14. The molecule has 0 saturated carbocycles. The number of aryl methyl sites for hydroxylation is 1. The number of ether oxygens (including phenoxy) is 3. The van der Waals surface area contributed by atoms with Gasteiger partial charge in [-0.05, 0) is 36.8 Å². The van der Waals surface area contributed by atoms with Crippen LogP contribution in [0.25, 0.3) is 21.8 Å². The summed E-state index contributed by atoms with van der Waals surface area (Å²) in [6, 6.07) is 8.23. The van der Waals surface area contributed by atoms with Crippen LogP contribution in [0.3, 0.4) is 0 Å². The first-order chi connectivity index (χ1) is 9.78. The van der Waals surface area contributed by atoms with E-state index < -0.39 is 0 Å². The Labute approximate surface area is 116 Å². The second-order valence-corrected chi connectivity index (χ2v) is 5.03. The first kappa shape index (κ1) is 11.5. The smallest absolute Gasteiger partial charge is 0.185 e. The standard InChI is InChI=1S/C16H15NO3/c1-9-7-11-10-3-4-12-16(20-6-5-19-12)15(10)17-14(11)13(8-9)18-2/h3-4,7-8,17H,5-6H2,1-2H3. The third-order valence-corrected chi connectivity index (χ3v) is 3.72. The molecule has 0 bridgehead atoms. The molecular weight excluding hydrogens is 254 g/mol. The molecule has 1 aliphatic rings. The average Bonchev–Trinajstić information content (AvgIpc) is 2.85. The molecule has 0 unspecified atom stereocenters. The summed E-state index contributed by atoms with van der Waals surface area (Å²) in [5, 5.41) is 2.28. The lowest BCUT2D eigenvalue weighted by Gasteiger charge is -2.18. The summed E-state index contributed by atoms with van der Waals surface area (Å²) in [4.78, 5) is 3.42. The Hall–Kier alpha value is -2.36. The zero-order valence-corrected chi connectivity index (χ0v) is 11.4. The Morgan fingerprint density at radius 3 is 2.75 bits per heavy atom. The van der Waals surface area contributed by atoms with Crippen molar-refractivity contribution < 1.29 is 14.2 Å². The molecule has 1 aliphatic heterocycles. The summed E-state index contributed by atoms with van der Waals surface area (Å²) >= 11 is 0. The van der Waals surface area contributed by atoms with Crippen molar-refractivity contribution in [3.05, 3.63) is 29.8 Å². The molecule has 2 aromatic carbocycles. The van der Waals surface area contributed by atoms with Gasteiger partial charge in [0.05, 0.1) is 18.1 Å². The zero-order chi connectivity index (χ0) is 13.7. The number of nitrogens with one attached hydrogen (secondary N) is 1. The largest absolute Gasteiger partial charge is 0.495 e. The van der Waals surface area contributed by atoms with Crippen molar-refractivity contribution >= 4 is 21.8 Å². The monoisotopic (exact) mass is 269 g/mol. The van der Waals surface area contributed by atoms with E-state index in [1.807, 2.05) is 12.1 Å². The molecule has 4 rings (SSSR count). The van der Waals surface area contributed by atoms with E-state index in [9.17, 15) is 0 Å². The van der Waals surface area contributed by atoms with Crippen LogP contribution in [0.15, 0.2) is 24.3 Å². The Kier molecular flexibility index (Phi) is 2.33. The van der Waals surface area contributed by atoms with Gasteiger partial charge in [-0.3, -0.25) is 0 Å². The number of fused-ring (bicyclic) bond motifs is 5. The van der Waals surface area contributed by atoms with Crippen LogP contribution in [0, 0.1) is 6.92 Å². The molecular formula is C16H15NO3. The molecule has 20 heavy (non-hydrogen) atoms. The van der Waals surface area contributed by atoms with E-state index in [0.29, 0.717) is 13.2 Å². The maximum atomic E-state index is 5.77. The number of aromatic amines is 1. The van der Waals surface area contributed by atoms with Crippen LogP contribution in [-0.4, -0.2) is 25.3 Å². The van der Waals surface area contributed by atoms with Crippen molar-refractivity contribution in [1.82, 2.24) is 4.98 Å². The molecule has 0 atom stereocenters. The SMILES string of the molecule is COc1cc(C)cc2c1[nH]c1c3c(ccc12)OCCO3. The fourth-order valence-corrected chi connectivity index (χ4v) is 2.84. The summed E-state index contributed by atoms with van der Waals surface area (Å²) in [6.45, 7) is 3.25. The molecule has 1 N–H and O–H groups in total. The van der Waals surface area contributed by atoms with E-state index in [2.05, 4.69) is 24.0 Å². The molecule has 2 heterocycles. The number of methoxy groups -OCH3 is 1. The maximum Gasteiger partial charge on any atom is 0.185 e. The molecule has 0 saturated heterocycles. The number of hydrogen-bond acceptors (Lipinski definition) is 3. The summed E-state index contributed by atoms with van der Waals surface area (Å²) < 4.78 is 16.9. The minimum Gasteiger partial charge on any atom is -0.495 e. The summed E-state index contributed by atoms with van der Waals surface area (Å²) in [7, 11) is 1.69. The van der Waals surface area contributed by atoms with Crippen molar-refractivity contribution in [1.29, 1.82) is 0 Å². The second kappa shape index (κ2) is 4.07. The predicted molar refractivity (Wildman–Crippen MR) is 78.1 cm³/mol. The van der Waals surface area contributed by atoms with Crippen LogP contribution in [0.4, 0.5) is 0 Å². The van der Waals surface area contributed by atoms with Gasteiger partial charge in [-0.2, -0.15) is 0 Å². The minimum atomic E-state index is 0.581. The summed E-state index contributed by atoms with van der Waals surface area (Å²) in [6.07, 6.45) is 0. The van der Waals surface area contributed by atoms with Crippen LogP contribution >= 0.6 is 0 Å². The molecule has 0 aliphatic carbocycles. The topological polar surface area (TPSA) is 43.5 Å². The summed E-state index contributed by atoms with van der Waals surface area (Å²) in [5.74, 6) is 2.44. The van der Waals surface area contributed by atoms with E-state index in [-0.39, 0.29) is 0 Å². The van der Waals surface area contributed by atoms with Gasteiger partial charge in [0.15, 0.2) is 11.5 Å². The van der Waals surface area contributed by atoms with E-state index in [1.165, 1.54) is 5.56 Å². The summed E-state index contributed by atoms with van der Waals surface area (Å²) in [5.41, 5.74) is 3.14. The Morgan fingerprint density at radius 1 is 1.05 bits per heavy atom. The van der Waals surface area contributed by atoms with Crippen LogP contribution in [-0.2, 0) is 0 Å². The quantitative estimate of drug-likeness (QED) is 0.736. The van der Waals surface area contributed by atoms with Gasteiger partial charge in [0.1, 0.15) is 19.0 Å². The molecule has 1 aromatic heterocycles. The lowest BCUT2D eigenvalue weighted by atomic mass is 10.1. The fraction of sp³-hybridized carbons (Fsp3) is 0.250. The molecule has 3 aromatic rings. The van der Waals surface area contributed by atoms with Gasteiger partial charge in [0.2, 0.25) is 0 Å². The third kappa shape index (κ3) is 1.48. The number of hydrogen-bond donors (Lipinski definition) is 1. The lowest BCUT2D eigenvalue weighted by Crippen LogP contribution is -2.15. The number of benzene rings is 2. The number of aromatic nitrogens is 1. The molecule has 4 heteroatoms. The first-order valence-electron chi connectivity index (χ1n) is 6.66. The maximum absolute atomic E-state index is 5.77. The van der Waals surface area contributed by atoms with Gasteiger partial charge in [0, 0.05) is 10.8 Å². The van der Waals surface area contributed by atoms with Crippen molar-refractivity contribution in [3.63, 3.8) is 0 Å². The van der Waals surface area contributed by atoms with Gasteiger partial charge in [-0.15, -0.1) is 0 Å². The Morgan fingerprint density at radius 2 is 1.90 bits per heavy atom. The molecule has 102 valence electrons. The van der Waals surface area contributed by atoms with Gasteiger partial charge in [0.25, 0.3) is 0 Å². The molecule has 0 amide bonds. The first-order valence-corrected chi connectivity index (χ1v) is 6.66. The minimum absolute atomic E-state index is 0.581. The highest BCUT2D eigenvalue weighted by Gasteiger charge is 2.19. The highest BCUT2D eigenvalue weighted by molar-refractivity contribution is 6.11. The van der Waals surface area contributed by atoms with E-state index in [1.54, 1.807) is 7.11 Å². The van der Waals surface area contributed by atoms with E-state index >= 15 is 0 Å². The van der Waals surface area contributed by atoms with E-state index in [0.717, 1.165) is 39.1 Å². The van der Waals surface area contributed by atoms with Crippen LogP contribution in [0.2, 0.25) is 0 Å². The molecule has 0 fully saturated rings. The highest BCUT2D eigenvalue weighted by atomic mass is 16.6. The lowest BCUT2D eigenvalue weighted by molar-refractivity contribution is 0.173. The number of rotatable bonds is 1. The number of H-pyrrole nitrogens is 1. The molecule has 0 radical (unpaired) electrons. The second-order valence-electron chi connectivity index (χ2n) is 5.03. The highest BCUT2D eigenvalue weighted by Crippen LogP contribution is 2.42. The zero-order valence-electron chi connectivity index (χ0n) is 11.4. The van der Waals surface area contributed by atoms with Crippen molar-refractivity contribution in [2.45, 2.75) is 6.92 Å². The predicted octanol–water partition coefficient (Wildman–Crippen LogP) is 3.41. The van der Waals surface area contributed by atoms with Gasteiger partial charge >= 0.3 is 0 Å². The third-order valence-electron chi connectivity index (χ3n) is 3.72. The van der Waals surface area contributed by atoms with Gasteiger partial charge in [-0.25, -0.2) is 0 Å².